The van der Waals surface area contributed by atoms with Gasteiger partial charge in [0.25, 0.3) is 0 Å². The first-order valence-corrected chi connectivity index (χ1v) is 7.60. The minimum atomic E-state index is -1.47. The van der Waals surface area contributed by atoms with Crippen molar-refractivity contribution in [3.63, 3.8) is 0 Å². The number of amides is 1. The van der Waals surface area contributed by atoms with Crippen molar-refractivity contribution in [3.05, 3.63) is 34.6 Å². The molecule has 4 nitrogen and oxygen atoms in total. The molecule has 1 fully saturated rings. The number of Topliss-reactive ketones (excluding diaryl/α,β-unsaturated/α-hetero) is 1. The normalized spacial score (nSPS) is 16.6. The highest BCUT2D eigenvalue weighted by Crippen LogP contribution is 2.22. The van der Waals surface area contributed by atoms with Gasteiger partial charge in [0.2, 0.25) is 5.91 Å². The van der Waals surface area contributed by atoms with Gasteiger partial charge in [-0.1, -0.05) is 30.9 Å². The van der Waals surface area contributed by atoms with Crippen LogP contribution in [0.2, 0.25) is 5.02 Å². The van der Waals surface area contributed by atoms with Crippen LogP contribution in [0.15, 0.2) is 18.2 Å². The molecule has 0 radical (unpaired) electrons. The first-order valence-electron chi connectivity index (χ1n) is 7.22. The van der Waals surface area contributed by atoms with Crippen molar-refractivity contribution in [3.8, 4) is 6.07 Å². The molecule has 0 aliphatic heterocycles. The fourth-order valence-corrected chi connectivity index (χ4v) is 2.87. The molecule has 2 rings (SSSR count). The van der Waals surface area contributed by atoms with Crippen LogP contribution in [0, 0.1) is 23.1 Å². The molecule has 22 heavy (non-hydrogen) atoms. The predicted molar refractivity (Wildman–Crippen MR) is 79.9 cm³/mol. The molecule has 0 spiro atoms. The molecule has 0 heterocycles. The lowest BCUT2D eigenvalue weighted by molar-refractivity contribution is -0.123. The Hall–Kier alpha value is -1.93. The molecule has 0 bridgehead atoms. The number of halogens is 2. The second-order valence-corrected chi connectivity index (χ2v) is 5.80. The van der Waals surface area contributed by atoms with E-state index >= 15 is 0 Å². The van der Waals surface area contributed by atoms with E-state index in [4.69, 9.17) is 16.9 Å². The van der Waals surface area contributed by atoms with Crippen molar-refractivity contribution in [1.82, 2.24) is 5.32 Å². The number of carbonyl (C=O) groups excluding carboxylic acids is 2. The number of hydrogen-bond acceptors (Lipinski definition) is 3. The van der Waals surface area contributed by atoms with Crippen LogP contribution in [0.5, 0.6) is 0 Å². The number of nitriles is 1. The van der Waals surface area contributed by atoms with Gasteiger partial charge in [0, 0.05) is 11.6 Å². The Balaban J connectivity index is 2.11. The Kier molecular flexibility index (Phi) is 5.51. The zero-order valence-electron chi connectivity index (χ0n) is 11.9. The third-order valence-corrected chi connectivity index (χ3v) is 4.11. The van der Waals surface area contributed by atoms with Gasteiger partial charge in [0.1, 0.15) is 5.82 Å². The van der Waals surface area contributed by atoms with E-state index in [1.165, 1.54) is 6.07 Å². The van der Waals surface area contributed by atoms with Crippen molar-refractivity contribution in [1.29, 1.82) is 5.26 Å². The quantitative estimate of drug-likeness (QED) is 0.683. The van der Waals surface area contributed by atoms with Gasteiger partial charge in [-0.3, -0.25) is 9.59 Å². The van der Waals surface area contributed by atoms with Gasteiger partial charge in [0.05, 0.1) is 11.1 Å². The molecule has 1 amide bonds. The van der Waals surface area contributed by atoms with Crippen LogP contribution in [0.25, 0.3) is 0 Å². The van der Waals surface area contributed by atoms with E-state index in [2.05, 4.69) is 5.32 Å². The van der Waals surface area contributed by atoms with E-state index in [-0.39, 0.29) is 16.6 Å². The highest BCUT2D eigenvalue weighted by atomic mass is 35.5. The van der Waals surface area contributed by atoms with Gasteiger partial charge >= 0.3 is 0 Å². The number of carbonyl (C=O) groups is 2. The largest absolute Gasteiger partial charge is 0.352 e. The highest BCUT2D eigenvalue weighted by molar-refractivity contribution is 6.34. The molecular formula is C16H16ClFN2O2. The fraction of sp³-hybridized carbons (Fsp3) is 0.438. The SMILES string of the molecule is N#C[C@@H](C(=O)NC1CCCCC1)C(=O)c1ccc(F)cc1Cl. The maximum absolute atomic E-state index is 13.0. The third kappa shape index (κ3) is 3.83. The Morgan fingerprint density at radius 2 is 2.00 bits per heavy atom. The average molecular weight is 323 g/mol. The average Bonchev–Trinajstić information content (AvgIpc) is 2.48. The molecule has 1 aromatic carbocycles. The maximum Gasteiger partial charge on any atom is 0.245 e. The second-order valence-electron chi connectivity index (χ2n) is 5.39. The minimum Gasteiger partial charge on any atom is -0.352 e. The monoisotopic (exact) mass is 322 g/mol. The lowest BCUT2D eigenvalue weighted by Gasteiger charge is -2.23. The van der Waals surface area contributed by atoms with Gasteiger partial charge in [-0.2, -0.15) is 5.26 Å². The Morgan fingerprint density at radius 3 is 2.59 bits per heavy atom. The van der Waals surface area contributed by atoms with Crippen LogP contribution < -0.4 is 5.32 Å². The molecule has 1 aromatic rings. The van der Waals surface area contributed by atoms with Crippen LogP contribution in [-0.4, -0.2) is 17.7 Å². The summed E-state index contributed by atoms with van der Waals surface area (Å²) >= 11 is 5.82. The number of hydrogen-bond donors (Lipinski definition) is 1. The first kappa shape index (κ1) is 16.4. The van der Waals surface area contributed by atoms with E-state index in [1.54, 1.807) is 6.07 Å². The van der Waals surface area contributed by atoms with Crippen molar-refractivity contribution < 1.29 is 14.0 Å². The van der Waals surface area contributed by atoms with E-state index < -0.39 is 23.4 Å². The van der Waals surface area contributed by atoms with E-state index in [0.717, 1.165) is 44.2 Å². The van der Waals surface area contributed by atoms with Gasteiger partial charge in [0.15, 0.2) is 11.7 Å². The van der Waals surface area contributed by atoms with Crippen LogP contribution in [0.1, 0.15) is 42.5 Å². The second kappa shape index (κ2) is 7.37. The molecule has 1 saturated carbocycles. The van der Waals surface area contributed by atoms with E-state index in [1.807, 2.05) is 0 Å². The topological polar surface area (TPSA) is 70.0 Å². The summed E-state index contributed by atoms with van der Waals surface area (Å²) in [5, 5.41) is 11.8. The van der Waals surface area contributed by atoms with Crippen LogP contribution in [0.4, 0.5) is 4.39 Å². The van der Waals surface area contributed by atoms with Crippen molar-refractivity contribution in [2.75, 3.05) is 0 Å². The van der Waals surface area contributed by atoms with E-state index in [9.17, 15) is 14.0 Å². The summed E-state index contributed by atoms with van der Waals surface area (Å²) in [6.07, 6.45) is 4.91. The standard InChI is InChI=1S/C16H16ClFN2O2/c17-14-8-10(18)6-7-12(14)15(21)13(9-19)16(22)20-11-4-2-1-3-5-11/h6-8,11,13H,1-5H2,(H,20,22)/t13-/m1/s1. The Morgan fingerprint density at radius 1 is 1.32 bits per heavy atom. The summed E-state index contributed by atoms with van der Waals surface area (Å²) < 4.78 is 13.0. The van der Waals surface area contributed by atoms with E-state index in [0.29, 0.717) is 0 Å². The van der Waals surface area contributed by atoms with Crippen LogP contribution in [-0.2, 0) is 4.79 Å². The third-order valence-electron chi connectivity index (χ3n) is 3.80. The molecule has 116 valence electrons. The Labute approximate surface area is 133 Å². The number of ketones is 1. The van der Waals surface area contributed by atoms with Crippen LogP contribution >= 0.6 is 11.6 Å². The molecular weight excluding hydrogens is 307 g/mol. The molecule has 1 N–H and O–H groups in total. The smallest absolute Gasteiger partial charge is 0.245 e. The summed E-state index contributed by atoms with van der Waals surface area (Å²) in [5.74, 6) is -3.37. The number of rotatable bonds is 4. The first-order chi connectivity index (χ1) is 10.5. The van der Waals surface area contributed by atoms with Gasteiger partial charge in [-0.25, -0.2) is 4.39 Å². The van der Waals surface area contributed by atoms with Crippen molar-refractivity contribution >= 4 is 23.3 Å². The zero-order valence-corrected chi connectivity index (χ0v) is 12.7. The summed E-state index contributed by atoms with van der Waals surface area (Å²) in [6, 6.07) is 4.98. The molecule has 1 aliphatic carbocycles. The molecule has 6 heteroatoms. The van der Waals surface area contributed by atoms with Crippen molar-refractivity contribution in [2.45, 2.75) is 38.1 Å². The van der Waals surface area contributed by atoms with Gasteiger partial charge in [-0.15, -0.1) is 0 Å². The molecule has 0 unspecified atom stereocenters. The minimum absolute atomic E-state index is 0.00795. The highest BCUT2D eigenvalue weighted by Gasteiger charge is 2.30. The summed E-state index contributed by atoms with van der Waals surface area (Å²) in [7, 11) is 0. The fourth-order valence-electron chi connectivity index (χ4n) is 2.61. The number of nitrogens with zero attached hydrogens (tertiary/aromatic N) is 1. The lowest BCUT2D eigenvalue weighted by atomic mass is 9.93. The maximum atomic E-state index is 13.0. The zero-order chi connectivity index (χ0) is 16.1. The summed E-state index contributed by atoms with van der Waals surface area (Å²) in [5.41, 5.74) is -0.0200. The number of benzene rings is 1. The molecule has 1 atom stereocenters. The molecule has 0 aromatic heterocycles. The molecule has 1 aliphatic rings. The van der Waals surface area contributed by atoms with Crippen LogP contribution in [0.3, 0.4) is 0 Å². The number of nitrogens with one attached hydrogen (secondary N) is 1. The predicted octanol–water partition coefficient (Wildman–Crippen LogP) is 3.25. The summed E-state index contributed by atoms with van der Waals surface area (Å²) in [6.45, 7) is 0. The van der Waals surface area contributed by atoms with Gasteiger partial charge in [-0.05, 0) is 31.0 Å². The Bertz CT molecular complexity index is 621. The lowest BCUT2D eigenvalue weighted by Crippen LogP contribution is -2.42. The van der Waals surface area contributed by atoms with Gasteiger partial charge < -0.3 is 5.32 Å². The summed E-state index contributed by atoms with van der Waals surface area (Å²) in [4.78, 5) is 24.5. The molecule has 0 saturated heterocycles. The van der Waals surface area contributed by atoms with Crippen molar-refractivity contribution in [2.24, 2.45) is 5.92 Å².